The summed E-state index contributed by atoms with van der Waals surface area (Å²) in [5.74, 6) is -1.88. The summed E-state index contributed by atoms with van der Waals surface area (Å²) >= 11 is 0. The van der Waals surface area contributed by atoms with Crippen LogP contribution in [0.25, 0.3) is 0 Å². The van der Waals surface area contributed by atoms with E-state index >= 15 is 0 Å². The predicted octanol–water partition coefficient (Wildman–Crippen LogP) is 3.11. The molecule has 0 aliphatic rings. The summed E-state index contributed by atoms with van der Waals surface area (Å²) in [5.41, 5.74) is 1.62. The van der Waals surface area contributed by atoms with E-state index in [4.69, 9.17) is 4.74 Å². The highest BCUT2D eigenvalue weighted by atomic mass is 19.1. The topological polar surface area (TPSA) is 79.9 Å². The molecule has 0 bridgehead atoms. The Hall–Kier alpha value is -3.29. The van der Waals surface area contributed by atoms with Crippen molar-refractivity contribution in [2.45, 2.75) is 13.5 Å². The smallest absolute Gasteiger partial charge is 0.255 e. The fourth-order valence-electron chi connectivity index (χ4n) is 2.16. The van der Waals surface area contributed by atoms with E-state index in [0.29, 0.717) is 16.8 Å². The molecule has 0 saturated heterocycles. The van der Waals surface area contributed by atoms with E-state index in [-0.39, 0.29) is 24.1 Å². The molecule has 25 heavy (non-hydrogen) atoms. The third kappa shape index (κ3) is 3.79. The van der Waals surface area contributed by atoms with Gasteiger partial charge >= 0.3 is 0 Å². The highest BCUT2D eigenvalue weighted by molar-refractivity contribution is 5.94. The van der Waals surface area contributed by atoms with E-state index in [1.165, 1.54) is 18.5 Å². The third-order valence-electron chi connectivity index (χ3n) is 3.46. The van der Waals surface area contributed by atoms with Gasteiger partial charge in [0.15, 0.2) is 11.6 Å². The lowest BCUT2D eigenvalue weighted by molar-refractivity contribution is 0.0950. The van der Waals surface area contributed by atoms with Gasteiger partial charge in [0.2, 0.25) is 5.88 Å². The van der Waals surface area contributed by atoms with Crippen molar-refractivity contribution in [3.63, 3.8) is 0 Å². The van der Waals surface area contributed by atoms with Gasteiger partial charge in [-0.3, -0.25) is 9.89 Å². The molecule has 0 aliphatic carbocycles. The lowest BCUT2D eigenvalue weighted by Crippen LogP contribution is -2.23. The number of rotatable bonds is 5. The second-order valence-electron chi connectivity index (χ2n) is 5.24. The van der Waals surface area contributed by atoms with Crippen molar-refractivity contribution < 1.29 is 18.3 Å². The Morgan fingerprint density at radius 3 is 2.88 bits per heavy atom. The van der Waals surface area contributed by atoms with Crippen molar-refractivity contribution >= 4 is 5.91 Å². The fraction of sp³-hybridized carbons (Fsp3) is 0.118. The Kier molecular flexibility index (Phi) is 4.69. The van der Waals surface area contributed by atoms with Gasteiger partial charge in [0, 0.05) is 30.1 Å². The Morgan fingerprint density at radius 2 is 2.16 bits per heavy atom. The first-order valence-corrected chi connectivity index (χ1v) is 7.39. The van der Waals surface area contributed by atoms with E-state index in [9.17, 15) is 13.6 Å². The molecule has 6 nitrogen and oxygen atoms in total. The maximum Gasteiger partial charge on any atom is 0.255 e. The summed E-state index contributed by atoms with van der Waals surface area (Å²) in [6.07, 6.45) is 2.90. The molecule has 1 aromatic carbocycles. The number of pyridine rings is 1. The molecule has 2 N–H and O–H groups in total. The van der Waals surface area contributed by atoms with E-state index in [1.807, 2.05) is 0 Å². The zero-order chi connectivity index (χ0) is 17.8. The van der Waals surface area contributed by atoms with Crippen LogP contribution in [0.5, 0.6) is 11.6 Å². The fourth-order valence-corrected chi connectivity index (χ4v) is 2.16. The first-order valence-electron chi connectivity index (χ1n) is 7.39. The van der Waals surface area contributed by atoms with Crippen LogP contribution in [0.2, 0.25) is 0 Å². The molecule has 3 aromatic rings. The molecule has 0 fully saturated rings. The van der Waals surface area contributed by atoms with Gasteiger partial charge in [0.25, 0.3) is 5.91 Å². The summed E-state index contributed by atoms with van der Waals surface area (Å²) in [6, 6.07) is 6.34. The monoisotopic (exact) mass is 344 g/mol. The highest BCUT2D eigenvalue weighted by Gasteiger charge is 2.14. The van der Waals surface area contributed by atoms with Crippen molar-refractivity contribution in [3.05, 3.63) is 71.2 Å². The number of aryl methyl sites for hydroxylation is 1. The Bertz CT molecular complexity index is 911. The number of carbonyl (C=O) groups excluding carboxylic acids is 1. The van der Waals surface area contributed by atoms with Crippen LogP contribution >= 0.6 is 0 Å². The summed E-state index contributed by atoms with van der Waals surface area (Å²) < 4.78 is 32.1. The number of benzene rings is 1. The highest BCUT2D eigenvalue weighted by Crippen LogP contribution is 2.26. The Labute approximate surface area is 141 Å². The number of carbonyl (C=O) groups is 1. The molecule has 3 rings (SSSR count). The number of amides is 1. The predicted molar refractivity (Wildman–Crippen MR) is 85.2 cm³/mol. The molecule has 1 amide bonds. The quantitative estimate of drug-likeness (QED) is 0.745. The molecular formula is C17H14F2N4O2. The molecule has 2 heterocycles. The van der Waals surface area contributed by atoms with Gasteiger partial charge in [0.1, 0.15) is 5.82 Å². The van der Waals surface area contributed by atoms with Crippen molar-refractivity contribution in [1.82, 2.24) is 20.5 Å². The SMILES string of the molecule is Cc1[nH]ncc1C(=O)NCc1cccnc1Oc1ccc(F)cc1F. The zero-order valence-electron chi connectivity index (χ0n) is 13.2. The first-order chi connectivity index (χ1) is 12.0. The van der Waals surface area contributed by atoms with Gasteiger partial charge in [-0.25, -0.2) is 13.8 Å². The lowest BCUT2D eigenvalue weighted by Gasteiger charge is -2.11. The number of aromatic nitrogens is 3. The van der Waals surface area contributed by atoms with Gasteiger partial charge in [-0.05, 0) is 25.1 Å². The number of aromatic amines is 1. The number of H-pyrrole nitrogens is 1. The summed E-state index contributed by atoms with van der Waals surface area (Å²) in [7, 11) is 0. The van der Waals surface area contributed by atoms with Crippen LogP contribution in [-0.4, -0.2) is 21.1 Å². The number of nitrogens with zero attached hydrogens (tertiary/aromatic N) is 2. The van der Waals surface area contributed by atoms with Crippen molar-refractivity contribution in [3.8, 4) is 11.6 Å². The second-order valence-corrected chi connectivity index (χ2v) is 5.24. The summed E-state index contributed by atoms with van der Waals surface area (Å²) in [6.45, 7) is 1.85. The summed E-state index contributed by atoms with van der Waals surface area (Å²) in [4.78, 5) is 16.2. The standard InChI is InChI=1S/C17H14F2N4O2/c1-10-13(9-22-23-10)16(24)21-8-11-3-2-6-20-17(11)25-15-5-4-12(18)7-14(15)19/h2-7,9H,8H2,1H3,(H,21,24)(H,22,23). The minimum atomic E-state index is -0.838. The van der Waals surface area contributed by atoms with Crippen LogP contribution in [0.4, 0.5) is 8.78 Å². The number of hydrogen-bond acceptors (Lipinski definition) is 4. The van der Waals surface area contributed by atoms with Gasteiger partial charge in [-0.1, -0.05) is 6.07 Å². The number of halogens is 2. The number of hydrogen-bond donors (Lipinski definition) is 2. The van der Waals surface area contributed by atoms with Crippen LogP contribution in [0, 0.1) is 18.6 Å². The van der Waals surface area contributed by atoms with Crippen LogP contribution in [0.3, 0.4) is 0 Å². The molecular weight excluding hydrogens is 330 g/mol. The molecule has 0 radical (unpaired) electrons. The van der Waals surface area contributed by atoms with Gasteiger partial charge < -0.3 is 10.1 Å². The molecule has 0 unspecified atom stereocenters. The van der Waals surface area contributed by atoms with Crippen molar-refractivity contribution in [1.29, 1.82) is 0 Å². The molecule has 0 spiro atoms. The average molecular weight is 344 g/mol. The largest absolute Gasteiger partial charge is 0.436 e. The maximum atomic E-state index is 13.7. The van der Waals surface area contributed by atoms with Gasteiger partial charge in [0.05, 0.1) is 11.8 Å². The van der Waals surface area contributed by atoms with E-state index in [0.717, 1.165) is 12.1 Å². The van der Waals surface area contributed by atoms with Gasteiger partial charge in [-0.2, -0.15) is 5.10 Å². The van der Waals surface area contributed by atoms with E-state index in [1.54, 1.807) is 19.1 Å². The normalized spacial score (nSPS) is 10.5. The Morgan fingerprint density at radius 1 is 1.32 bits per heavy atom. The number of nitrogens with one attached hydrogen (secondary N) is 2. The average Bonchev–Trinajstić information content (AvgIpc) is 3.02. The zero-order valence-corrected chi connectivity index (χ0v) is 13.2. The Balaban J connectivity index is 1.75. The minimum absolute atomic E-state index is 0.120. The third-order valence-corrected chi connectivity index (χ3v) is 3.46. The molecule has 2 aromatic heterocycles. The van der Waals surface area contributed by atoms with Gasteiger partial charge in [-0.15, -0.1) is 0 Å². The van der Waals surface area contributed by atoms with Crippen LogP contribution in [0.1, 0.15) is 21.6 Å². The molecule has 8 heteroatoms. The first kappa shape index (κ1) is 16.6. The minimum Gasteiger partial charge on any atom is -0.436 e. The molecule has 128 valence electrons. The summed E-state index contributed by atoms with van der Waals surface area (Å²) in [5, 5.41) is 9.19. The van der Waals surface area contributed by atoms with E-state index < -0.39 is 11.6 Å². The lowest BCUT2D eigenvalue weighted by atomic mass is 10.2. The van der Waals surface area contributed by atoms with Crippen molar-refractivity contribution in [2.75, 3.05) is 0 Å². The van der Waals surface area contributed by atoms with Crippen LogP contribution in [0.15, 0.2) is 42.7 Å². The molecule has 0 aliphatic heterocycles. The second kappa shape index (κ2) is 7.08. The maximum absolute atomic E-state index is 13.7. The van der Waals surface area contributed by atoms with E-state index in [2.05, 4.69) is 20.5 Å². The van der Waals surface area contributed by atoms with Crippen molar-refractivity contribution in [2.24, 2.45) is 0 Å². The molecule has 0 atom stereocenters. The van der Waals surface area contributed by atoms with Crippen LogP contribution < -0.4 is 10.1 Å². The van der Waals surface area contributed by atoms with Crippen LogP contribution in [-0.2, 0) is 6.54 Å². The molecule has 0 saturated carbocycles. The number of ether oxygens (including phenoxy) is 1.